The molecule has 16 heavy (non-hydrogen) atoms. The van der Waals surface area contributed by atoms with Crippen molar-refractivity contribution in [3.8, 4) is 0 Å². The molecule has 3 heteroatoms. The average Bonchev–Trinajstić information content (AvgIpc) is 3.13. The van der Waals surface area contributed by atoms with Crippen molar-refractivity contribution in [3.05, 3.63) is 0 Å². The van der Waals surface area contributed by atoms with Crippen LogP contribution in [0.1, 0.15) is 38.5 Å². The van der Waals surface area contributed by atoms with Gasteiger partial charge in [-0.25, -0.2) is 0 Å². The summed E-state index contributed by atoms with van der Waals surface area (Å²) in [7, 11) is 0. The number of hydrogen-bond acceptors (Lipinski definition) is 3. The molecule has 0 bridgehead atoms. The van der Waals surface area contributed by atoms with E-state index in [1.54, 1.807) is 0 Å². The quantitative estimate of drug-likeness (QED) is 0.730. The maximum absolute atomic E-state index is 10.6. The lowest BCUT2D eigenvalue weighted by molar-refractivity contribution is -0.0239. The molecule has 0 spiro atoms. The molecular formula is C13H24N2O. The Morgan fingerprint density at radius 3 is 2.38 bits per heavy atom. The topological polar surface area (TPSA) is 35.5 Å². The molecule has 0 aromatic heterocycles. The lowest BCUT2D eigenvalue weighted by Gasteiger charge is -2.37. The van der Waals surface area contributed by atoms with Crippen LogP contribution in [0.4, 0.5) is 0 Å². The molecule has 3 aliphatic rings. The van der Waals surface area contributed by atoms with Crippen LogP contribution in [0.25, 0.3) is 0 Å². The Morgan fingerprint density at radius 1 is 1.12 bits per heavy atom. The minimum atomic E-state index is -0.400. The molecule has 3 nitrogen and oxygen atoms in total. The van der Waals surface area contributed by atoms with Crippen LogP contribution in [0.3, 0.4) is 0 Å². The van der Waals surface area contributed by atoms with Gasteiger partial charge in [0.05, 0.1) is 5.60 Å². The summed E-state index contributed by atoms with van der Waals surface area (Å²) in [5, 5.41) is 13.9. The van der Waals surface area contributed by atoms with Gasteiger partial charge in [0.15, 0.2) is 0 Å². The van der Waals surface area contributed by atoms with Gasteiger partial charge in [-0.3, -0.25) is 4.90 Å². The number of piperidine rings is 1. The molecule has 1 saturated heterocycles. The molecule has 1 heterocycles. The van der Waals surface area contributed by atoms with Gasteiger partial charge in [0.25, 0.3) is 0 Å². The summed E-state index contributed by atoms with van der Waals surface area (Å²) in [5.74, 6) is 0.950. The van der Waals surface area contributed by atoms with Crippen molar-refractivity contribution in [1.82, 2.24) is 10.2 Å². The summed E-state index contributed by atoms with van der Waals surface area (Å²) >= 11 is 0. The fourth-order valence-corrected chi connectivity index (χ4v) is 2.84. The maximum atomic E-state index is 10.6. The van der Waals surface area contributed by atoms with Crippen LogP contribution in [0, 0.1) is 5.92 Å². The summed E-state index contributed by atoms with van der Waals surface area (Å²) in [4.78, 5) is 2.59. The Balaban J connectivity index is 1.56. The minimum Gasteiger partial charge on any atom is -0.388 e. The zero-order chi connectivity index (χ0) is 11.0. The van der Waals surface area contributed by atoms with E-state index in [9.17, 15) is 5.11 Å². The third kappa shape index (κ3) is 2.76. The molecule has 3 fully saturated rings. The lowest BCUT2D eigenvalue weighted by Crippen LogP contribution is -2.50. The van der Waals surface area contributed by atoms with E-state index in [0.29, 0.717) is 0 Å². The smallest absolute Gasteiger partial charge is 0.0798 e. The first-order valence-corrected chi connectivity index (χ1v) is 6.92. The molecule has 3 rings (SSSR count). The second-order valence-corrected chi connectivity index (χ2v) is 6.08. The molecule has 0 aromatic carbocycles. The highest BCUT2D eigenvalue weighted by atomic mass is 16.3. The predicted molar refractivity (Wildman–Crippen MR) is 64.4 cm³/mol. The van der Waals surface area contributed by atoms with Crippen molar-refractivity contribution in [3.63, 3.8) is 0 Å². The average molecular weight is 224 g/mol. The molecule has 0 amide bonds. The summed E-state index contributed by atoms with van der Waals surface area (Å²) in [6.07, 6.45) is 7.43. The molecule has 0 atom stereocenters. The largest absolute Gasteiger partial charge is 0.388 e. The Hall–Kier alpha value is -0.120. The zero-order valence-electron chi connectivity index (χ0n) is 10.1. The molecule has 0 unspecified atom stereocenters. The van der Waals surface area contributed by atoms with Gasteiger partial charge in [-0.2, -0.15) is 0 Å². The monoisotopic (exact) mass is 224 g/mol. The van der Waals surface area contributed by atoms with Crippen molar-refractivity contribution in [2.24, 2.45) is 5.92 Å². The highest BCUT2D eigenvalue weighted by Crippen LogP contribution is 2.36. The predicted octanol–water partition coefficient (Wildman–Crippen LogP) is 0.975. The van der Waals surface area contributed by atoms with Gasteiger partial charge in [-0.1, -0.05) is 0 Å². The molecule has 2 aliphatic carbocycles. The van der Waals surface area contributed by atoms with Crippen molar-refractivity contribution in [2.45, 2.75) is 50.2 Å². The fourth-order valence-electron chi connectivity index (χ4n) is 2.84. The standard InChI is InChI=1S/C13H24N2O/c16-13(5-7-14-8-6-13)10-15(12-3-4-12)9-11-1-2-11/h11-12,14,16H,1-10H2. The lowest BCUT2D eigenvalue weighted by atomic mass is 9.91. The van der Waals surface area contributed by atoms with Gasteiger partial charge in [0.1, 0.15) is 0 Å². The van der Waals surface area contributed by atoms with Gasteiger partial charge in [0.2, 0.25) is 0 Å². The number of aliphatic hydroxyl groups is 1. The second-order valence-electron chi connectivity index (χ2n) is 6.08. The maximum Gasteiger partial charge on any atom is 0.0798 e. The normalized spacial score (nSPS) is 29.6. The third-order valence-corrected chi connectivity index (χ3v) is 4.28. The van der Waals surface area contributed by atoms with E-state index in [2.05, 4.69) is 10.2 Å². The van der Waals surface area contributed by atoms with Crippen LogP contribution in [-0.2, 0) is 0 Å². The van der Waals surface area contributed by atoms with Gasteiger partial charge < -0.3 is 10.4 Å². The Morgan fingerprint density at radius 2 is 1.81 bits per heavy atom. The molecule has 0 radical (unpaired) electrons. The highest BCUT2D eigenvalue weighted by Gasteiger charge is 2.39. The molecular weight excluding hydrogens is 200 g/mol. The van der Waals surface area contributed by atoms with E-state index in [-0.39, 0.29) is 0 Å². The molecule has 92 valence electrons. The second kappa shape index (κ2) is 4.28. The van der Waals surface area contributed by atoms with E-state index in [1.165, 1.54) is 32.2 Å². The van der Waals surface area contributed by atoms with E-state index in [4.69, 9.17) is 0 Å². The summed E-state index contributed by atoms with van der Waals surface area (Å²) in [6, 6.07) is 0.805. The Bertz CT molecular complexity index is 242. The summed E-state index contributed by atoms with van der Waals surface area (Å²) in [6.45, 7) is 4.15. The number of nitrogens with one attached hydrogen (secondary N) is 1. The van der Waals surface area contributed by atoms with Crippen LogP contribution < -0.4 is 5.32 Å². The van der Waals surface area contributed by atoms with E-state index in [1.807, 2.05) is 0 Å². The van der Waals surface area contributed by atoms with E-state index >= 15 is 0 Å². The first kappa shape index (κ1) is 11.0. The Labute approximate surface area is 98.2 Å². The van der Waals surface area contributed by atoms with E-state index in [0.717, 1.165) is 44.4 Å². The molecule has 2 saturated carbocycles. The molecule has 2 N–H and O–H groups in total. The van der Waals surface area contributed by atoms with Gasteiger partial charge >= 0.3 is 0 Å². The van der Waals surface area contributed by atoms with Crippen molar-refractivity contribution in [2.75, 3.05) is 26.2 Å². The number of rotatable bonds is 5. The fraction of sp³-hybridized carbons (Fsp3) is 1.00. The SMILES string of the molecule is OC1(CN(CC2CC2)C2CC2)CCNCC1. The summed E-state index contributed by atoms with van der Waals surface area (Å²) in [5.41, 5.74) is -0.400. The number of hydrogen-bond donors (Lipinski definition) is 2. The number of nitrogens with zero attached hydrogens (tertiary/aromatic N) is 1. The Kier molecular flexibility index (Phi) is 2.94. The van der Waals surface area contributed by atoms with E-state index < -0.39 is 5.60 Å². The van der Waals surface area contributed by atoms with Crippen LogP contribution in [-0.4, -0.2) is 47.8 Å². The minimum absolute atomic E-state index is 0.400. The van der Waals surface area contributed by atoms with Gasteiger partial charge in [-0.15, -0.1) is 0 Å². The highest BCUT2D eigenvalue weighted by molar-refractivity contribution is 4.94. The summed E-state index contributed by atoms with van der Waals surface area (Å²) < 4.78 is 0. The third-order valence-electron chi connectivity index (χ3n) is 4.28. The van der Waals surface area contributed by atoms with Crippen LogP contribution in [0.2, 0.25) is 0 Å². The first-order valence-electron chi connectivity index (χ1n) is 6.92. The van der Waals surface area contributed by atoms with Crippen LogP contribution >= 0.6 is 0 Å². The molecule has 0 aromatic rings. The van der Waals surface area contributed by atoms with Crippen LogP contribution in [0.5, 0.6) is 0 Å². The van der Waals surface area contributed by atoms with Crippen LogP contribution in [0.15, 0.2) is 0 Å². The van der Waals surface area contributed by atoms with Crippen molar-refractivity contribution >= 4 is 0 Å². The van der Waals surface area contributed by atoms with Crippen molar-refractivity contribution < 1.29 is 5.11 Å². The zero-order valence-corrected chi connectivity index (χ0v) is 10.1. The molecule has 1 aliphatic heterocycles. The van der Waals surface area contributed by atoms with Gasteiger partial charge in [0, 0.05) is 19.1 Å². The van der Waals surface area contributed by atoms with Gasteiger partial charge in [-0.05, 0) is 57.5 Å². The van der Waals surface area contributed by atoms with Crippen molar-refractivity contribution in [1.29, 1.82) is 0 Å². The first-order chi connectivity index (χ1) is 7.75.